The van der Waals surface area contributed by atoms with Crippen LogP contribution in [0, 0.1) is 6.92 Å². The van der Waals surface area contributed by atoms with Crippen LogP contribution in [0.15, 0.2) is 30.6 Å². The Morgan fingerprint density at radius 1 is 1.39 bits per heavy atom. The molecule has 2 rings (SSSR count). The van der Waals surface area contributed by atoms with E-state index in [2.05, 4.69) is 23.9 Å². The molecule has 0 atom stereocenters. The van der Waals surface area contributed by atoms with Gasteiger partial charge in [0.2, 0.25) is 0 Å². The van der Waals surface area contributed by atoms with Gasteiger partial charge in [0.05, 0.1) is 12.1 Å². The average molecular weight is 243 g/mol. The maximum atomic E-state index is 12.0. The fraction of sp³-hybridized carbons (Fsp3) is 0.357. The highest BCUT2D eigenvalue weighted by Gasteiger charge is 2.11. The molecule has 0 radical (unpaired) electrons. The molecular formula is C14H17N3O. The van der Waals surface area contributed by atoms with Crippen molar-refractivity contribution >= 4 is 5.78 Å². The van der Waals surface area contributed by atoms with Gasteiger partial charge in [-0.05, 0) is 44.5 Å². The van der Waals surface area contributed by atoms with Crippen LogP contribution < -0.4 is 0 Å². The monoisotopic (exact) mass is 243 g/mol. The molecule has 0 aliphatic heterocycles. The van der Waals surface area contributed by atoms with Crippen LogP contribution in [-0.4, -0.2) is 20.5 Å². The number of aromatic nitrogens is 3. The first-order valence-corrected chi connectivity index (χ1v) is 6.06. The third kappa shape index (κ3) is 2.83. The highest BCUT2D eigenvalue weighted by atomic mass is 16.1. The van der Waals surface area contributed by atoms with Crippen molar-refractivity contribution in [1.29, 1.82) is 0 Å². The standard InChI is InChI=1S/C14H17N3O/c1-10(2)17-7-5-12(16-17)9-14(18)13-8-11(3)4-6-15-13/h4-8,10H,9H2,1-3H3. The van der Waals surface area contributed by atoms with Gasteiger partial charge in [0.25, 0.3) is 0 Å². The third-order valence-corrected chi connectivity index (χ3v) is 2.74. The fourth-order valence-corrected chi connectivity index (χ4v) is 1.70. The maximum absolute atomic E-state index is 12.0. The van der Waals surface area contributed by atoms with E-state index in [9.17, 15) is 4.79 Å². The number of aryl methyl sites for hydroxylation is 1. The zero-order chi connectivity index (χ0) is 13.1. The van der Waals surface area contributed by atoms with E-state index in [0.29, 0.717) is 18.2 Å². The van der Waals surface area contributed by atoms with Gasteiger partial charge < -0.3 is 0 Å². The molecule has 94 valence electrons. The molecule has 2 aromatic rings. The van der Waals surface area contributed by atoms with Gasteiger partial charge in [0.1, 0.15) is 5.69 Å². The minimum atomic E-state index is 0.00714. The third-order valence-electron chi connectivity index (χ3n) is 2.74. The molecule has 0 spiro atoms. The zero-order valence-electron chi connectivity index (χ0n) is 10.9. The second kappa shape index (κ2) is 5.12. The molecule has 0 aliphatic carbocycles. The number of ketones is 1. The Balaban J connectivity index is 2.11. The summed E-state index contributed by atoms with van der Waals surface area (Å²) >= 11 is 0. The number of carbonyl (C=O) groups excluding carboxylic acids is 1. The number of Topliss-reactive ketones (excluding diaryl/α,β-unsaturated/α-hetero) is 1. The molecule has 0 N–H and O–H groups in total. The summed E-state index contributed by atoms with van der Waals surface area (Å²) in [5, 5.41) is 4.37. The Hall–Kier alpha value is -1.97. The summed E-state index contributed by atoms with van der Waals surface area (Å²) in [7, 11) is 0. The first kappa shape index (κ1) is 12.5. The summed E-state index contributed by atoms with van der Waals surface area (Å²) < 4.78 is 1.85. The number of rotatable bonds is 4. The predicted molar refractivity (Wildman–Crippen MR) is 69.6 cm³/mol. The van der Waals surface area contributed by atoms with Crippen LogP contribution in [0.1, 0.15) is 41.6 Å². The van der Waals surface area contributed by atoms with E-state index in [4.69, 9.17) is 0 Å². The van der Waals surface area contributed by atoms with Crippen LogP contribution in [0.5, 0.6) is 0 Å². The van der Waals surface area contributed by atoms with Gasteiger partial charge in [-0.25, -0.2) is 0 Å². The van der Waals surface area contributed by atoms with Gasteiger partial charge in [-0.15, -0.1) is 0 Å². The Labute approximate surface area is 107 Å². The second-order valence-electron chi connectivity index (χ2n) is 4.70. The summed E-state index contributed by atoms with van der Waals surface area (Å²) in [6.45, 7) is 6.06. The largest absolute Gasteiger partial charge is 0.292 e. The van der Waals surface area contributed by atoms with Crippen LogP contribution >= 0.6 is 0 Å². The van der Waals surface area contributed by atoms with E-state index in [0.717, 1.165) is 11.3 Å². The highest BCUT2D eigenvalue weighted by molar-refractivity contribution is 5.95. The number of pyridine rings is 1. The van der Waals surface area contributed by atoms with Gasteiger partial charge in [-0.1, -0.05) is 0 Å². The highest BCUT2D eigenvalue weighted by Crippen LogP contribution is 2.08. The van der Waals surface area contributed by atoms with E-state index in [-0.39, 0.29) is 5.78 Å². The first-order chi connectivity index (χ1) is 8.56. The van der Waals surface area contributed by atoms with Crippen molar-refractivity contribution in [2.24, 2.45) is 0 Å². The molecule has 0 aromatic carbocycles. The summed E-state index contributed by atoms with van der Waals surface area (Å²) in [5.74, 6) is 0.00714. The lowest BCUT2D eigenvalue weighted by molar-refractivity contribution is 0.0987. The predicted octanol–water partition coefficient (Wildman–Crippen LogP) is 2.59. The molecule has 0 aliphatic rings. The van der Waals surface area contributed by atoms with Crippen LogP contribution in [0.25, 0.3) is 0 Å². The SMILES string of the molecule is Cc1ccnc(C(=O)Cc2ccn(C(C)C)n2)c1. The van der Waals surface area contributed by atoms with Crippen LogP contribution in [0.3, 0.4) is 0 Å². The van der Waals surface area contributed by atoms with E-state index < -0.39 is 0 Å². The lowest BCUT2D eigenvalue weighted by Gasteiger charge is -2.03. The lowest BCUT2D eigenvalue weighted by Crippen LogP contribution is -2.08. The molecule has 0 saturated carbocycles. The van der Waals surface area contributed by atoms with Crippen LogP contribution in [-0.2, 0) is 6.42 Å². The molecule has 4 heteroatoms. The number of hydrogen-bond acceptors (Lipinski definition) is 3. The quantitative estimate of drug-likeness (QED) is 0.775. The molecule has 18 heavy (non-hydrogen) atoms. The molecule has 0 saturated heterocycles. The normalized spacial score (nSPS) is 10.9. The van der Waals surface area contributed by atoms with E-state index in [1.54, 1.807) is 6.20 Å². The Bertz CT molecular complexity index is 558. The van der Waals surface area contributed by atoms with Crippen molar-refractivity contribution in [3.63, 3.8) is 0 Å². The van der Waals surface area contributed by atoms with Gasteiger partial charge >= 0.3 is 0 Å². The fourth-order valence-electron chi connectivity index (χ4n) is 1.70. The van der Waals surface area contributed by atoms with E-state index >= 15 is 0 Å². The van der Waals surface area contributed by atoms with Crippen molar-refractivity contribution in [2.45, 2.75) is 33.2 Å². The van der Waals surface area contributed by atoms with Crippen molar-refractivity contribution in [1.82, 2.24) is 14.8 Å². The van der Waals surface area contributed by atoms with E-state index in [1.165, 1.54) is 0 Å². The number of hydrogen-bond donors (Lipinski definition) is 0. The van der Waals surface area contributed by atoms with Crippen molar-refractivity contribution in [3.05, 3.63) is 47.5 Å². The Morgan fingerprint density at radius 3 is 2.78 bits per heavy atom. The Kier molecular flexibility index (Phi) is 3.55. The Morgan fingerprint density at radius 2 is 2.17 bits per heavy atom. The summed E-state index contributed by atoms with van der Waals surface area (Å²) in [6.07, 6.45) is 3.86. The summed E-state index contributed by atoms with van der Waals surface area (Å²) in [6, 6.07) is 5.88. The maximum Gasteiger partial charge on any atom is 0.187 e. The molecular weight excluding hydrogens is 226 g/mol. The number of carbonyl (C=O) groups is 1. The van der Waals surface area contributed by atoms with Crippen LogP contribution in [0.4, 0.5) is 0 Å². The molecule has 0 unspecified atom stereocenters. The molecule has 0 bridgehead atoms. The number of nitrogens with zero attached hydrogens (tertiary/aromatic N) is 3. The molecule has 0 amide bonds. The first-order valence-electron chi connectivity index (χ1n) is 6.06. The van der Waals surface area contributed by atoms with Crippen molar-refractivity contribution in [3.8, 4) is 0 Å². The van der Waals surface area contributed by atoms with Gasteiger partial charge in [0.15, 0.2) is 5.78 Å². The molecule has 2 aromatic heterocycles. The minimum Gasteiger partial charge on any atom is -0.292 e. The van der Waals surface area contributed by atoms with Gasteiger partial charge in [0, 0.05) is 18.4 Å². The van der Waals surface area contributed by atoms with Crippen molar-refractivity contribution < 1.29 is 4.79 Å². The average Bonchev–Trinajstić information content (AvgIpc) is 2.77. The lowest BCUT2D eigenvalue weighted by atomic mass is 10.1. The second-order valence-corrected chi connectivity index (χ2v) is 4.70. The van der Waals surface area contributed by atoms with Gasteiger partial charge in [-0.2, -0.15) is 5.10 Å². The van der Waals surface area contributed by atoms with Crippen molar-refractivity contribution in [2.75, 3.05) is 0 Å². The molecule has 0 fully saturated rings. The van der Waals surface area contributed by atoms with Gasteiger partial charge in [-0.3, -0.25) is 14.5 Å². The van der Waals surface area contributed by atoms with Crippen LogP contribution in [0.2, 0.25) is 0 Å². The molecule has 4 nitrogen and oxygen atoms in total. The summed E-state index contributed by atoms with van der Waals surface area (Å²) in [4.78, 5) is 16.1. The topological polar surface area (TPSA) is 47.8 Å². The molecule has 2 heterocycles. The smallest absolute Gasteiger partial charge is 0.187 e. The van der Waals surface area contributed by atoms with E-state index in [1.807, 2.05) is 36.0 Å². The minimum absolute atomic E-state index is 0.00714. The summed E-state index contributed by atoms with van der Waals surface area (Å²) in [5.41, 5.74) is 2.34. The zero-order valence-corrected chi connectivity index (χ0v) is 10.9.